The van der Waals surface area contributed by atoms with E-state index in [0.29, 0.717) is 23.8 Å². The number of amidine groups is 1. The second kappa shape index (κ2) is 9.07. The van der Waals surface area contributed by atoms with Crippen LogP contribution in [-0.4, -0.2) is 29.4 Å². The Balaban J connectivity index is 3.03. The van der Waals surface area contributed by atoms with Gasteiger partial charge in [0.25, 0.3) is 0 Å². The van der Waals surface area contributed by atoms with E-state index < -0.39 is 0 Å². The smallest absolute Gasteiger partial charge is 0.227 e. The van der Waals surface area contributed by atoms with Gasteiger partial charge in [-0.15, -0.1) is 4.91 Å². The first-order valence-corrected chi connectivity index (χ1v) is 7.79. The Labute approximate surface area is 132 Å². The van der Waals surface area contributed by atoms with Crippen LogP contribution in [-0.2, 0) is 0 Å². The minimum absolute atomic E-state index is 0.243. The number of rotatable bonds is 8. The SMILES string of the molecule is CCCCC(N=O)=Nc1c(C)nc(N(C)CCCC)nc1N. The van der Waals surface area contributed by atoms with E-state index in [4.69, 9.17) is 5.73 Å². The van der Waals surface area contributed by atoms with Gasteiger partial charge in [0, 0.05) is 20.0 Å². The summed E-state index contributed by atoms with van der Waals surface area (Å²) in [6, 6.07) is 0. The molecule has 0 aromatic carbocycles. The third-order valence-corrected chi connectivity index (χ3v) is 3.36. The molecule has 0 aliphatic rings. The van der Waals surface area contributed by atoms with Crippen molar-refractivity contribution in [2.24, 2.45) is 10.2 Å². The molecule has 0 saturated carbocycles. The molecular weight excluding hydrogens is 280 g/mol. The summed E-state index contributed by atoms with van der Waals surface area (Å²) >= 11 is 0. The number of nitrogens with two attached hydrogens (primary N) is 1. The molecule has 7 heteroatoms. The van der Waals surface area contributed by atoms with Gasteiger partial charge in [0.2, 0.25) is 5.95 Å². The number of aliphatic imine (C=N–C) groups is 1. The highest BCUT2D eigenvalue weighted by Gasteiger charge is 2.13. The molecule has 0 spiro atoms. The van der Waals surface area contributed by atoms with Crippen molar-refractivity contribution < 1.29 is 0 Å². The van der Waals surface area contributed by atoms with Crippen LogP contribution < -0.4 is 10.6 Å². The van der Waals surface area contributed by atoms with Crippen molar-refractivity contribution in [3.05, 3.63) is 10.6 Å². The number of nitroso groups, excluding NO2 is 1. The van der Waals surface area contributed by atoms with Crippen molar-refractivity contribution in [1.82, 2.24) is 9.97 Å². The predicted molar refractivity (Wildman–Crippen MR) is 91.8 cm³/mol. The van der Waals surface area contributed by atoms with E-state index in [9.17, 15) is 4.91 Å². The molecule has 122 valence electrons. The molecule has 1 aromatic heterocycles. The Morgan fingerprint density at radius 3 is 2.45 bits per heavy atom. The van der Waals surface area contributed by atoms with Crippen LogP contribution in [0, 0.1) is 11.8 Å². The Morgan fingerprint density at radius 2 is 1.91 bits per heavy atom. The van der Waals surface area contributed by atoms with Crippen molar-refractivity contribution in [1.29, 1.82) is 0 Å². The standard InChI is InChI=1S/C15H26N6O/c1-5-7-9-12(20-22)18-13-11(3)17-15(19-14(13)16)21(4)10-8-6-2/h5-10H2,1-4H3,(H2,16,17,19). The molecule has 2 N–H and O–H groups in total. The summed E-state index contributed by atoms with van der Waals surface area (Å²) in [5.74, 6) is 1.10. The molecule has 0 saturated heterocycles. The van der Waals surface area contributed by atoms with Gasteiger partial charge >= 0.3 is 0 Å². The Morgan fingerprint density at radius 1 is 1.23 bits per heavy atom. The molecule has 0 radical (unpaired) electrons. The maximum absolute atomic E-state index is 10.9. The molecule has 1 aromatic rings. The number of anilines is 2. The fourth-order valence-electron chi connectivity index (χ4n) is 1.96. The van der Waals surface area contributed by atoms with Crippen LogP contribution in [0.25, 0.3) is 0 Å². The summed E-state index contributed by atoms with van der Waals surface area (Å²) in [5, 5.41) is 2.98. The molecule has 0 atom stereocenters. The maximum atomic E-state index is 10.9. The average molecular weight is 306 g/mol. The normalized spacial score (nSPS) is 11.5. The summed E-state index contributed by atoms with van der Waals surface area (Å²) in [6.45, 7) is 6.87. The van der Waals surface area contributed by atoms with Gasteiger partial charge in [-0.2, -0.15) is 4.98 Å². The van der Waals surface area contributed by atoms with Crippen molar-refractivity contribution in [3.8, 4) is 0 Å². The summed E-state index contributed by atoms with van der Waals surface area (Å²) in [5.41, 5.74) is 7.09. The van der Waals surface area contributed by atoms with Gasteiger partial charge in [-0.3, -0.25) is 0 Å². The second-order valence-corrected chi connectivity index (χ2v) is 5.34. The first kappa shape index (κ1) is 18.0. The van der Waals surface area contributed by atoms with Crippen LogP contribution in [0.15, 0.2) is 10.2 Å². The van der Waals surface area contributed by atoms with Gasteiger partial charge in [0.15, 0.2) is 11.7 Å². The van der Waals surface area contributed by atoms with E-state index in [0.717, 1.165) is 32.2 Å². The lowest BCUT2D eigenvalue weighted by molar-refractivity contribution is 0.749. The topological polar surface area (TPSA) is 96.8 Å². The van der Waals surface area contributed by atoms with Crippen molar-refractivity contribution >= 4 is 23.3 Å². The molecule has 0 fully saturated rings. The maximum Gasteiger partial charge on any atom is 0.227 e. The number of hydrogen-bond acceptors (Lipinski definition) is 6. The zero-order valence-corrected chi connectivity index (χ0v) is 14.0. The van der Waals surface area contributed by atoms with Gasteiger partial charge in [-0.1, -0.05) is 26.7 Å². The largest absolute Gasteiger partial charge is 0.382 e. The third kappa shape index (κ3) is 5.05. The van der Waals surface area contributed by atoms with Crippen molar-refractivity contribution in [2.75, 3.05) is 24.2 Å². The highest BCUT2D eigenvalue weighted by atomic mass is 16.3. The first-order chi connectivity index (χ1) is 10.5. The van der Waals surface area contributed by atoms with Crippen LogP contribution in [0.1, 0.15) is 51.6 Å². The van der Waals surface area contributed by atoms with Crippen LogP contribution in [0.2, 0.25) is 0 Å². The van der Waals surface area contributed by atoms with E-state index in [-0.39, 0.29) is 11.7 Å². The summed E-state index contributed by atoms with van der Waals surface area (Å²) in [6.07, 6.45) is 4.54. The number of unbranched alkanes of at least 4 members (excludes halogenated alkanes) is 2. The molecule has 1 rings (SSSR count). The molecule has 0 aliphatic heterocycles. The minimum atomic E-state index is 0.243. The Bertz CT molecular complexity index is 506. The average Bonchev–Trinajstić information content (AvgIpc) is 2.51. The second-order valence-electron chi connectivity index (χ2n) is 5.34. The Kier molecular flexibility index (Phi) is 7.42. The minimum Gasteiger partial charge on any atom is -0.382 e. The molecule has 22 heavy (non-hydrogen) atoms. The molecule has 0 aliphatic carbocycles. The zero-order valence-electron chi connectivity index (χ0n) is 14.0. The summed E-state index contributed by atoms with van der Waals surface area (Å²) in [7, 11) is 1.94. The lowest BCUT2D eigenvalue weighted by Crippen LogP contribution is -2.21. The van der Waals surface area contributed by atoms with Crippen LogP contribution in [0.5, 0.6) is 0 Å². The fraction of sp³-hybridized carbons (Fsp3) is 0.667. The third-order valence-electron chi connectivity index (χ3n) is 3.36. The highest BCUT2D eigenvalue weighted by Crippen LogP contribution is 2.26. The first-order valence-electron chi connectivity index (χ1n) is 7.79. The van der Waals surface area contributed by atoms with E-state index in [1.54, 1.807) is 0 Å². The van der Waals surface area contributed by atoms with E-state index in [1.165, 1.54) is 0 Å². The number of nitrogen functional groups attached to an aromatic ring is 1. The fourth-order valence-corrected chi connectivity index (χ4v) is 1.96. The van der Waals surface area contributed by atoms with Crippen molar-refractivity contribution in [3.63, 3.8) is 0 Å². The molecule has 0 unspecified atom stereocenters. The highest BCUT2D eigenvalue weighted by molar-refractivity contribution is 5.87. The van der Waals surface area contributed by atoms with Gasteiger partial charge in [-0.05, 0) is 24.9 Å². The van der Waals surface area contributed by atoms with Gasteiger partial charge < -0.3 is 10.6 Å². The molecule has 7 nitrogen and oxygen atoms in total. The van der Waals surface area contributed by atoms with Gasteiger partial charge in [0.1, 0.15) is 5.69 Å². The monoisotopic (exact) mass is 306 g/mol. The van der Waals surface area contributed by atoms with E-state index in [2.05, 4.69) is 27.1 Å². The van der Waals surface area contributed by atoms with Crippen LogP contribution >= 0.6 is 0 Å². The van der Waals surface area contributed by atoms with Gasteiger partial charge in [0.05, 0.1) is 5.69 Å². The van der Waals surface area contributed by atoms with Crippen LogP contribution in [0.3, 0.4) is 0 Å². The van der Waals surface area contributed by atoms with Crippen molar-refractivity contribution in [2.45, 2.75) is 52.9 Å². The number of nitrogens with zero attached hydrogens (tertiary/aromatic N) is 5. The van der Waals surface area contributed by atoms with E-state index >= 15 is 0 Å². The molecule has 1 heterocycles. The lowest BCUT2D eigenvalue weighted by atomic mass is 10.2. The zero-order chi connectivity index (χ0) is 16.5. The molecule has 0 bridgehead atoms. The van der Waals surface area contributed by atoms with Gasteiger partial charge in [-0.25, -0.2) is 9.98 Å². The number of aryl methyl sites for hydroxylation is 1. The molecular formula is C15H26N6O. The summed E-state index contributed by atoms with van der Waals surface area (Å²) < 4.78 is 0. The Hall–Kier alpha value is -2.05. The number of hydrogen-bond donors (Lipinski definition) is 1. The predicted octanol–water partition coefficient (Wildman–Crippen LogP) is 3.59. The van der Waals surface area contributed by atoms with E-state index in [1.807, 2.05) is 25.8 Å². The summed E-state index contributed by atoms with van der Waals surface area (Å²) in [4.78, 5) is 25.8. The van der Waals surface area contributed by atoms with Crippen LogP contribution in [0.4, 0.5) is 17.5 Å². The molecule has 0 amide bonds. The number of aromatic nitrogens is 2. The quantitative estimate of drug-likeness (QED) is 0.449. The lowest BCUT2D eigenvalue weighted by Gasteiger charge is -2.18.